The highest BCUT2D eigenvalue weighted by atomic mass is 32.1. The lowest BCUT2D eigenvalue weighted by atomic mass is 10.1. The van der Waals surface area contributed by atoms with E-state index in [9.17, 15) is 4.79 Å². The van der Waals surface area contributed by atoms with Gasteiger partial charge in [-0.25, -0.2) is 4.79 Å². The van der Waals surface area contributed by atoms with Gasteiger partial charge in [-0.3, -0.25) is 0 Å². The lowest BCUT2D eigenvalue weighted by Gasteiger charge is -2.03. The van der Waals surface area contributed by atoms with Crippen molar-refractivity contribution in [3.63, 3.8) is 0 Å². The fourth-order valence-corrected chi connectivity index (χ4v) is 3.00. The lowest BCUT2D eigenvalue weighted by molar-refractivity contribution is 0.0430. The van der Waals surface area contributed by atoms with Crippen LogP contribution in [0.1, 0.15) is 16.2 Å². The van der Waals surface area contributed by atoms with Gasteiger partial charge in [-0.15, -0.1) is 11.3 Å². The Hall–Kier alpha value is -2.99. The number of thiophene rings is 1. The summed E-state index contributed by atoms with van der Waals surface area (Å²) in [6.07, 6.45) is 0. The summed E-state index contributed by atoms with van der Waals surface area (Å²) < 4.78 is 10.4. The Morgan fingerprint density at radius 2 is 1.96 bits per heavy atom. The van der Waals surface area contributed by atoms with E-state index in [0.29, 0.717) is 11.4 Å². The first-order valence-corrected chi connectivity index (χ1v) is 8.20. The van der Waals surface area contributed by atoms with E-state index in [1.54, 1.807) is 6.07 Å². The van der Waals surface area contributed by atoms with Crippen LogP contribution in [-0.4, -0.2) is 16.1 Å². The monoisotopic (exact) mass is 336 g/mol. The van der Waals surface area contributed by atoms with Crippen LogP contribution in [0.15, 0.2) is 64.5 Å². The molecule has 0 atom stereocenters. The third-order valence-electron chi connectivity index (χ3n) is 3.52. The highest BCUT2D eigenvalue weighted by Crippen LogP contribution is 2.21. The summed E-state index contributed by atoms with van der Waals surface area (Å²) in [5, 5.41) is 7.88. The first kappa shape index (κ1) is 14.6. The molecule has 0 aliphatic rings. The predicted octanol–water partition coefficient (Wildman–Crippen LogP) is 4.31. The van der Waals surface area contributed by atoms with Gasteiger partial charge in [0.05, 0.1) is 10.4 Å². The van der Waals surface area contributed by atoms with E-state index in [1.807, 2.05) is 53.9 Å². The summed E-state index contributed by atoms with van der Waals surface area (Å²) in [5.41, 5.74) is 0.492. The van der Waals surface area contributed by atoms with Crippen molar-refractivity contribution >= 4 is 28.1 Å². The molecule has 2 aromatic heterocycles. The second-order valence-corrected chi connectivity index (χ2v) is 6.07. The molecule has 0 amide bonds. The highest BCUT2D eigenvalue weighted by Gasteiger charge is 2.13. The van der Waals surface area contributed by atoms with E-state index >= 15 is 0 Å². The number of rotatable bonds is 4. The van der Waals surface area contributed by atoms with E-state index in [-0.39, 0.29) is 12.5 Å². The van der Waals surface area contributed by atoms with E-state index < -0.39 is 5.97 Å². The van der Waals surface area contributed by atoms with Crippen molar-refractivity contribution in [2.75, 3.05) is 0 Å². The molecule has 0 radical (unpaired) electrons. The fraction of sp³-hybridized carbons (Fsp3) is 0.0556. The van der Waals surface area contributed by atoms with Crippen LogP contribution in [0, 0.1) is 0 Å². The number of carbonyl (C=O) groups excluding carboxylic acids is 1. The molecule has 0 fully saturated rings. The number of hydrogen-bond donors (Lipinski definition) is 0. The third-order valence-corrected chi connectivity index (χ3v) is 4.39. The van der Waals surface area contributed by atoms with Gasteiger partial charge < -0.3 is 9.26 Å². The molecule has 4 rings (SSSR count). The molecule has 2 heterocycles. The van der Waals surface area contributed by atoms with Gasteiger partial charge in [-0.1, -0.05) is 41.6 Å². The molecule has 0 aliphatic carbocycles. The van der Waals surface area contributed by atoms with Crippen LogP contribution >= 0.6 is 11.3 Å². The number of fused-ring (bicyclic) bond motifs is 1. The Labute approximate surface area is 141 Å². The van der Waals surface area contributed by atoms with Crippen LogP contribution in [0.2, 0.25) is 0 Å². The molecule has 0 unspecified atom stereocenters. The average Bonchev–Trinajstić information content (AvgIpc) is 3.30. The Kier molecular flexibility index (Phi) is 3.80. The van der Waals surface area contributed by atoms with Gasteiger partial charge >= 0.3 is 5.97 Å². The number of nitrogens with zero attached hydrogens (tertiary/aromatic N) is 2. The summed E-state index contributed by atoms with van der Waals surface area (Å²) >= 11 is 1.52. The van der Waals surface area contributed by atoms with Crippen molar-refractivity contribution in [2.45, 2.75) is 6.61 Å². The maximum Gasteiger partial charge on any atom is 0.338 e. The first-order chi connectivity index (χ1) is 11.8. The molecule has 0 spiro atoms. The highest BCUT2D eigenvalue weighted by molar-refractivity contribution is 7.13. The number of esters is 1. The molecule has 24 heavy (non-hydrogen) atoms. The molecule has 0 bridgehead atoms. The van der Waals surface area contributed by atoms with Gasteiger partial charge in [0.1, 0.15) is 0 Å². The smallest absolute Gasteiger partial charge is 0.338 e. The number of ether oxygens (including phenoxy) is 1. The molecule has 2 aromatic carbocycles. The van der Waals surface area contributed by atoms with E-state index in [4.69, 9.17) is 9.26 Å². The number of benzene rings is 2. The second-order valence-electron chi connectivity index (χ2n) is 5.13. The molecule has 0 aliphatic heterocycles. The van der Waals surface area contributed by atoms with Crippen molar-refractivity contribution in [1.29, 1.82) is 0 Å². The van der Waals surface area contributed by atoms with Crippen LogP contribution in [0.5, 0.6) is 0 Å². The number of aromatic nitrogens is 2. The summed E-state index contributed by atoms with van der Waals surface area (Å²) in [6, 6.07) is 17.1. The zero-order valence-corrected chi connectivity index (χ0v) is 13.3. The average molecular weight is 336 g/mol. The zero-order valence-electron chi connectivity index (χ0n) is 12.5. The van der Waals surface area contributed by atoms with Gasteiger partial charge in [-0.2, -0.15) is 4.98 Å². The minimum atomic E-state index is -0.420. The lowest BCUT2D eigenvalue weighted by Crippen LogP contribution is -2.05. The minimum absolute atomic E-state index is 0.0516. The van der Waals surface area contributed by atoms with E-state index in [2.05, 4.69) is 10.1 Å². The molecule has 4 aromatic rings. The van der Waals surface area contributed by atoms with Gasteiger partial charge in [-0.05, 0) is 34.4 Å². The van der Waals surface area contributed by atoms with Crippen LogP contribution < -0.4 is 0 Å². The standard InChI is InChI=1S/C18H12N2O3S/c21-18(14-8-7-12-4-1-2-5-13(12)10-14)22-11-16-19-17(20-23-16)15-6-3-9-24-15/h1-10H,11H2. The van der Waals surface area contributed by atoms with Crippen molar-refractivity contribution < 1.29 is 14.1 Å². The minimum Gasteiger partial charge on any atom is -0.452 e. The van der Waals surface area contributed by atoms with Crippen LogP contribution in [-0.2, 0) is 11.3 Å². The van der Waals surface area contributed by atoms with Crippen LogP contribution in [0.25, 0.3) is 21.5 Å². The molecular weight excluding hydrogens is 324 g/mol. The van der Waals surface area contributed by atoms with Crippen molar-refractivity contribution in [3.8, 4) is 10.7 Å². The van der Waals surface area contributed by atoms with Crippen molar-refractivity contribution in [3.05, 3.63) is 71.4 Å². The van der Waals surface area contributed by atoms with Crippen molar-refractivity contribution in [2.24, 2.45) is 0 Å². The Bertz CT molecular complexity index is 992. The molecule has 0 saturated heterocycles. The third kappa shape index (κ3) is 2.91. The Balaban J connectivity index is 1.46. The zero-order chi connectivity index (χ0) is 16.4. The maximum absolute atomic E-state index is 12.2. The van der Waals surface area contributed by atoms with Crippen molar-refractivity contribution in [1.82, 2.24) is 10.1 Å². The van der Waals surface area contributed by atoms with Gasteiger partial charge in [0, 0.05) is 0 Å². The maximum atomic E-state index is 12.2. The summed E-state index contributed by atoms with van der Waals surface area (Å²) in [6.45, 7) is -0.0516. The molecule has 118 valence electrons. The fourth-order valence-electron chi connectivity index (χ4n) is 2.35. The second kappa shape index (κ2) is 6.25. The molecule has 6 heteroatoms. The quantitative estimate of drug-likeness (QED) is 0.520. The van der Waals surface area contributed by atoms with Gasteiger partial charge in [0.2, 0.25) is 5.82 Å². The SMILES string of the molecule is O=C(OCc1nc(-c2cccs2)no1)c1ccc2ccccc2c1. The summed E-state index contributed by atoms with van der Waals surface area (Å²) in [4.78, 5) is 17.3. The van der Waals surface area contributed by atoms with Gasteiger partial charge in [0.15, 0.2) is 6.61 Å². The van der Waals surface area contributed by atoms with E-state index in [1.165, 1.54) is 11.3 Å². The number of hydrogen-bond acceptors (Lipinski definition) is 6. The largest absolute Gasteiger partial charge is 0.452 e. The topological polar surface area (TPSA) is 65.2 Å². The van der Waals surface area contributed by atoms with Crippen LogP contribution in [0.3, 0.4) is 0 Å². The van der Waals surface area contributed by atoms with Crippen LogP contribution in [0.4, 0.5) is 0 Å². The molecule has 0 N–H and O–H groups in total. The molecular formula is C18H12N2O3S. The Morgan fingerprint density at radius 3 is 2.79 bits per heavy atom. The first-order valence-electron chi connectivity index (χ1n) is 7.32. The Morgan fingerprint density at radius 1 is 1.08 bits per heavy atom. The molecule has 0 saturated carbocycles. The predicted molar refractivity (Wildman–Crippen MR) is 90.7 cm³/mol. The molecule has 5 nitrogen and oxygen atoms in total. The number of carbonyl (C=O) groups is 1. The summed E-state index contributed by atoms with van der Waals surface area (Å²) in [5.74, 6) is 0.353. The summed E-state index contributed by atoms with van der Waals surface area (Å²) in [7, 11) is 0. The van der Waals surface area contributed by atoms with E-state index in [0.717, 1.165) is 15.6 Å². The normalized spacial score (nSPS) is 10.8. The van der Waals surface area contributed by atoms with Gasteiger partial charge in [0.25, 0.3) is 5.89 Å².